The van der Waals surface area contributed by atoms with Crippen molar-refractivity contribution in [1.29, 1.82) is 0 Å². The minimum atomic E-state index is 0.384. The topological polar surface area (TPSA) is 68.8 Å². The molecule has 1 aromatic carbocycles. The molecule has 1 aliphatic heterocycles. The summed E-state index contributed by atoms with van der Waals surface area (Å²) in [5.41, 5.74) is 8.82. The number of nitrogen functional groups attached to an aromatic ring is 1. The third-order valence-corrected chi connectivity index (χ3v) is 3.55. The molecule has 5 heteroatoms. The van der Waals surface area contributed by atoms with E-state index in [4.69, 9.17) is 5.73 Å². The SMILES string of the molecule is C[C@H]1CNc2nc3c(N)nc4ccccc4c3n21. The maximum absolute atomic E-state index is 6.01. The molecule has 0 bridgehead atoms. The van der Waals surface area contributed by atoms with E-state index in [1.807, 2.05) is 18.2 Å². The van der Waals surface area contributed by atoms with E-state index < -0.39 is 0 Å². The van der Waals surface area contributed by atoms with E-state index in [1.165, 1.54) is 0 Å². The Balaban J connectivity index is 2.28. The lowest BCUT2D eigenvalue weighted by Crippen LogP contribution is -2.04. The fraction of sp³-hybridized carbons (Fsp3) is 0.231. The van der Waals surface area contributed by atoms with Crippen molar-refractivity contribution in [3.05, 3.63) is 24.3 Å². The van der Waals surface area contributed by atoms with Crippen molar-refractivity contribution in [2.45, 2.75) is 13.0 Å². The molecule has 0 spiro atoms. The summed E-state index contributed by atoms with van der Waals surface area (Å²) >= 11 is 0. The summed E-state index contributed by atoms with van der Waals surface area (Å²) in [7, 11) is 0. The maximum Gasteiger partial charge on any atom is 0.204 e. The van der Waals surface area contributed by atoms with Gasteiger partial charge in [-0.2, -0.15) is 0 Å². The van der Waals surface area contributed by atoms with Gasteiger partial charge in [0.2, 0.25) is 5.95 Å². The Bertz CT molecular complexity index is 774. The molecule has 90 valence electrons. The second kappa shape index (κ2) is 3.13. The van der Waals surface area contributed by atoms with Crippen LogP contribution in [0.1, 0.15) is 13.0 Å². The number of hydrogen-bond donors (Lipinski definition) is 2. The van der Waals surface area contributed by atoms with Crippen LogP contribution in [0, 0.1) is 0 Å². The van der Waals surface area contributed by atoms with Crippen molar-refractivity contribution < 1.29 is 0 Å². The zero-order valence-electron chi connectivity index (χ0n) is 10.0. The van der Waals surface area contributed by atoms with Gasteiger partial charge in [0, 0.05) is 11.9 Å². The van der Waals surface area contributed by atoms with E-state index in [2.05, 4.69) is 32.8 Å². The van der Waals surface area contributed by atoms with Crippen molar-refractivity contribution in [1.82, 2.24) is 14.5 Å². The van der Waals surface area contributed by atoms with Crippen molar-refractivity contribution in [3.63, 3.8) is 0 Å². The highest BCUT2D eigenvalue weighted by Crippen LogP contribution is 2.35. The average molecular weight is 239 g/mol. The number of para-hydroxylation sites is 1. The number of pyridine rings is 1. The van der Waals surface area contributed by atoms with Crippen LogP contribution in [0.2, 0.25) is 0 Å². The molecular weight excluding hydrogens is 226 g/mol. The Kier molecular flexibility index (Phi) is 1.69. The number of nitrogens with one attached hydrogen (secondary N) is 1. The Labute approximate surface area is 104 Å². The zero-order chi connectivity index (χ0) is 12.3. The average Bonchev–Trinajstić information content (AvgIpc) is 2.91. The Morgan fingerprint density at radius 3 is 3.06 bits per heavy atom. The molecule has 0 saturated heterocycles. The summed E-state index contributed by atoms with van der Waals surface area (Å²) in [6.07, 6.45) is 0. The van der Waals surface area contributed by atoms with Gasteiger partial charge in [0.05, 0.1) is 17.1 Å². The number of benzene rings is 1. The number of fused-ring (bicyclic) bond motifs is 5. The monoisotopic (exact) mass is 239 g/mol. The first kappa shape index (κ1) is 9.70. The Hall–Kier alpha value is -2.30. The van der Waals surface area contributed by atoms with Gasteiger partial charge in [0.25, 0.3) is 0 Å². The van der Waals surface area contributed by atoms with Gasteiger partial charge in [-0.1, -0.05) is 18.2 Å². The molecule has 2 aromatic heterocycles. The van der Waals surface area contributed by atoms with Gasteiger partial charge < -0.3 is 15.6 Å². The standard InChI is InChI=1S/C13H13N5/c1-7-6-15-13-17-10-11(18(7)13)8-4-2-3-5-9(8)16-12(10)14/h2-5,7H,6H2,1H3,(H2,14,16)(H,15,17)/t7-/m0/s1. The van der Waals surface area contributed by atoms with Crippen LogP contribution in [0.4, 0.5) is 11.8 Å². The molecule has 5 nitrogen and oxygen atoms in total. The van der Waals surface area contributed by atoms with Gasteiger partial charge in [-0.15, -0.1) is 0 Å². The zero-order valence-corrected chi connectivity index (χ0v) is 10.0. The first-order valence-corrected chi connectivity index (χ1v) is 6.06. The molecule has 0 fully saturated rings. The Morgan fingerprint density at radius 1 is 1.33 bits per heavy atom. The first-order valence-electron chi connectivity index (χ1n) is 6.06. The predicted octanol–water partition coefficient (Wildman–Crippen LogP) is 2.15. The molecule has 1 atom stereocenters. The second-order valence-corrected chi connectivity index (χ2v) is 4.75. The number of aromatic nitrogens is 3. The first-order chi connectivity index (χ1) is 8.75. The van der Waals surface area contributed by atoms with Crippen LogP contribution < -0.4 is 11.1 Å². The lowest BCUT2D eigenvalue weighted by atomic mass is 10.2. The molecule has 0 unspecified atom stereocenters. The number of imidazole rings is 1. The van der Waals surface area contributed by atoms with Gasteiger partial charge in [-0.05, 0) is 13.0 Å². The van der Waals surface area contributed by atoms with Crippen LogP contribution in [0.15, 0.2) is 24.3 Å². The van der Waals surface area contributed by atoms with Crippen LogP contribution in [-0.2, 0) is 0 Å². The number of rotatable bonds is 0. The third kappa shape index (κ3) is 1.06. The summed E-state index contributed by atoms with van der Waals surface area (Å²) in [6, 6.07) is 8.44. The van der Waals surface area contributed by atoms with E-state index in [0.717, 1.165) is 34.4 Å². The molecular formula is C13H13N5. The summed E-state index contributed by atoms with van der Waals surface area (Å²) in [6.45, 7) is 3.09. The smallest absolute Gasteiger partial charge is 0.204 e. The molecule has 3 N–H and O–H groups in total. The maximum atomic E-state index is 6.01. The van der Waals surface area contributed by atoms with Crippen molar-refractivity contribution in [2.24, 2.45) is 0 Å². The second-order valence-electron chi connectivity index (χ2n) is 4.75. The number of hydrogen-bond acceptors (Lipinski definition) is 4. The van der Waals surface area contributed by atoms with Crippen molar-refractivity contribution >= 4 is 33.7 Å². The highest BCUT2D eigenvalue weighted by molar-refractivity contribution is 6.07. The Morgan fingerprint density at radius 2 is 2.17 bits per heavy atom. The highest BCUT2D eigenvalue weighted by Gasteiger charge is 2.24. The van der Waals surface area contributed by atoms with Gasteiger partial charge in [-0.25, -0.2) is 9.97 Å². The van der Waals surface area contributed by atoms with Crippen LogP contribution in [0.3, 0.4) is 0 Å². The van der Waals surface area contributed by atoms with Crippen LogP contribution >= 0.6 is 0 Å². The molecule has 1 aliphatic rings. The summed E-state index contributed by atoms with van der Waals surface area (Å²) < 4.78 is 2.22. The summed E-state index contributed by atoms with van der Waals surface area (Å²) in [4.78, 5) is 8.97. The summed E-state index contributed by atoms with van der Waals surface area (Å²) in [5, 5.41) is 4.41. The molecule has 0 aliphatic carbocycles. The van der Waals surface area contributed by atoms with Crippen molar-refractivity contribution in [3.8, 4) is 0 Å². The number of nitrogens with zero attached hydrogens (tertiary/aromatic N) is 3. The molecule has 0 saturated carbocycles. The number of nitrogens with two attached hydrogens (primary N) is 1. The quantitative estimate of drug-likeness (QED) is 0.630. The van der Waals surface area contributed by atoms with Crippen LogP contribution in [0.25, 0.3) is 21.9 Å². The summed E-state index contributed by atoms with van der Waals surface area (Å²) in [5.74, 6) is 1.39. The lowest BCUT2D eigenvalue weighted by molar-refractivity contribution is 0.650. The largest absolute Gasteiger partial charge is 0.382 e. The fourth-order valence-electron chi connectivity index (χ4n) is 2.71. The van der Waals surface area contributed by atoms with E-state index in [9.17, 15) is 0 Å². The van der Waals surface area contributed by atoms with E-state index >= 15 is 0 Å². The minimum Gasteiger partial charge on any atom is -0.382 e. The molecule has 0 radical (unpaired) electrons. The minimum absolute atomic E-state index is 0.384. The van der Waals surface area contributed by atoms with E-state index in [0.29, 0.717) is 11.9 Å². The number of anilines is 2. The fourth-order valence-corrected chi connectivity index (χ4v) is 2.71. The predicted molar refractivity (Wildman–Crippen MR) is 72.6 cm³/mol. The van der Waals surface area contributed by atoms with Gasteiger partial charge in [0.1, 0.15) is 5.52 Å². The van der Waals surface area contributed by atoms with E-state index in [1.54, 1.807) is 0 Å². The molecule has 0 amide bonds. The normalized spacial score (nSPS) is 18.2. The third-order valence-electron chi connectivity index (χ3n) is 3.55. The molecule has 3 aromatic rings. The molecule has 4 rings (SSSR count). The van der Waals surface area contributed by atoms with Gasteiger partial charge in [0.15, 0.2) is 5.82 Å². The van der Waals surface area contributed by atoms with E-state index in [-0.39, 0.29) is 0 Å². The highest BCUT2D eigenvalue weighted by atomic mass is 15.3. The van der Waals surface area contributed by atoms with Crippen molar-refractivity contribution in [2.75, 3.05) is 17.6 Å². The lowest BCUT2D eigenvalue weighted by Gasteiger charge is -2.08. The van der Waals surface area contributed by atoms with Gasteiger partial charge >= 0.3 is 0 Å². The van der Waals surface area contributed by atoms with Crippen LogP contribution in [-0.4, -0.2) is 21.1 Å². The van der Waals surface area contributed by atoms with Gasteiger partial charge in [-0.3, -0.25) is 0 Å². The van der Waals surface area contributed by atoms with Crippen LogP contribution in [0.5, 0.6) is 0 Å². The molecule has 3 heterocycles. The molecule has 18 heavy (non-hydrogen) atoms.